The molecular weight excluding hydrogens is 257 g/mol. The third-order valence-electron chi connectivity index (χ3n) is 2.91. The smallest absolute Gasteiger partial charge is 0.224 e. The molecule has 2 rings (SSSR count). The summed E-state index contributed by atoms with van der Waals surface area (Å²) in [5, 5.41) is 2.56. The Labute approximate surface area is 105 Å². The number of nitrogens with one attached hydrogen (secondary N) is 1. The lowest BCUT2D eigenvalue weighted by Gasteiger charge is -2.08. The molecule has 1 heterocycles. The van der Waals surface area contributed by atoms with Crippen LogP contribution >= 0.6 is 0 Å². The van der Waals surface area contributed by atoms with Crippen molar-refractivity contribution < 1.29 is 17.6 Å². The minimum Gasteiger partial charge on any atom is -0.326 e. The maximum Gasteiger partial charge on any atom is 0.224 e. The van der Waals surface area contributed by atoms with Crippen LogP contribution in [0.5, 0.6) is 0 Å². The lowest BCUT2D eigenvalue weighted by molar-refractivity contribution is -0.116. The maximum absolute atomic E-state index is 12.9. The largest absolute Gasteiger partial charge is 0.326 e. The molecule has 0 aliphatic carbocycles. The summed E-state index contributed by atoms with van der Waals surface area (Å²) in [6, 6.07) is 5.61. The summed E-state index contributed by atoms with van der Waals surface area (Å²) in [6.07, 6.45) is 0.689. The van der Waals surface area contributed by atoms with Gasteiger partial charge in [0, 0.05) is 12.1 Å². The van der Waals surface area contributed by atoms with Gasteiger partial charge in [0.25, 0.3) is 0 Å². The second kappa shape index (κ2) is 5.06. The van der Waals surface area contributed by atoms with Gasteiger partial charge in [-0.2, -0.15) is 0 Å². The van der Waals surface area contributed by atoms with Crippen molar-refractivity contribution in [1.29, 1.82) is 0 Å². The van der Waals surface area contributed by atoms with Gasteiger partial charge in [0.2, 0.25) is 5.91 Å². The van der Waals surface area contributed by atoms with Crippen LogP contribution in [0.25, 0.3) is 0 Å². The van der Waals surface area contributed by atoms with Crippen LogP contribution in [0.3, 0.4) is 0 Å². The molecule has 0 bridgehead atoms. The van der Waals surface area contributed by atoms with Crippen molar-refractivity contribution in [2.75, 3.05) is 16.8 Å². The van der Waals surface area contributed by atoms with Crippen molar-refractivity contribution in [2.24, 2.45) is 5.92 Å². The first-order chi connectivity index (χ1) is 8.44. The molecule has 0 radical (unpaired) electrons. The van der Waals surface area contributed by atoms with Crippen LogP contribution in [-0.2, 0) is 14.6 Å². The van der Waals surface area contributed by atoms with E-state index in [2.05, 4.69) is 5.32 Å². The van der Waals surface area contributed by atoms with Crippen LogP contribution in [0.15, 0.2) is 24.3 Å². The van der Waals surface area contributed by atoms with Crippen molar-refractivity contribution in [3.63, 3.8) is 0 Å². The van der Waals surface area contributed by atoms with Crippen LogP contribution in [-0.4, -0.2) is 25.8 Å². The number of amides is 1. The van der Waals surface area contributed by atoms with E-state index in [0.29, 0.717) is 12.1 Å². The zero-order valence-corrected chi connectivity index (χ0v) is 10.5. The van der Waals surface area contributed by atoms with Crippen LogP contribution in [0.4, 0.5) is 10.1 Å². The van der Waals surface area contributed by atoms with E-state index in [-0.39, 0.29) is 29.8 Å². The minimum atomic E-state index is -2.96. The fourth-order valence-electron chi connectivity index (χ4n) is 2.07. The molecule has 1 aromatic rings. The summed E-state index contributed by atoms with van der Waals surface area (Å²) in [4.78, 5) is 11.7. The predicted octanol–water partition coefficient (Wildman–Crippen LogP) is 1.59. The molecular formula is C12H14FNO3S. The summed E-state index contributed by atoms with van der Waals surface area (Å²) >= 11 is 0. The first kappa shape index (κ1) is 13.0. The standard InChI is InChI=1S/C12H14FNO3S/c13-10-2-1-3-11(7-10)14-12(15)6-9-4-5-18(16,17)8-9/h1-3,7,9H,4-6,8H2,(H,14,15)/t9-/m0/s1. The van der Waals surface area contributed by atoms with Gasteiger partial charge >= 0.3 is 0 Å². The van der Waals surface area contributed by atoms with Gasteiger partial charge in [0.15, 0.2) is 9.84 Å². The van der Waals surface area contributed by atoms with Gasteiger partial charge in [-0.1, -0.05) is 6.07 Å². The summed E-state index contributed by atoms with van der Waals surface area (Å²) < 4.78 is 35.4. The number of rotatable bonds is 3. The molecule has 98 valence electrons. The van der Waals surface area contributed by atoms with E-state index in [1.807, 2.05) is 0 Å². The van der Waals surface area contributed by atoms with E-state index < -0.39 is 15.7 Å². The van der Waals surface area contributed by atoms with E-state index in [4.69, 9.17) is 0 Å². The average molecular weight is 271 g/mol. The topological polar surface area (TPSA) is 63.2 Å². The number of carbonyl (C=O) groups excluding carboxylic acids is 1. The van der Waals surface area contributed by atoms with Crippen molar-refractivity contribution in [3.05, 3.63) is 30.1 Å². The third kappa shape index (κ3) is 3.53. The lowest BCUT2D eigenvalue weighted by Crippen LogP contribution is -2.17. The first-order valence-electron chi connectivity index (χ1n) is 5.70. The second-order valence-corrected chi connectivity index (χ2v) is 6.76. The SMILES string of the molecule is O=C(C[C@@H]1CCS(=O)(=O)C1)Nc1cccc(F)c1. The molecule has 1 N–H and O–H groups in total. The Kier molecular flexibility index (Phi) is 3.65. The number of anilines is 1. The van der Waals surface area contributed by atoms with Gasteiger partial charge in [0.05, 0.1) is 11.5 Å². The Hall–Kier alpha value is -1.43. The molecule has 0 saturated carbocycles. The van der Waals surface area contributed by atoms with E-state index in [0.717, 1.165) is 0 Å². The van der Waals surface area contributed by atoms with Crippen LogP contribution in [0.1, 0.15) is 12.8 Å². The monoisotopic (exact) mass is 271 g/mol. The molecule has 0 unspecified atom stereocenters. The van der Waals surface area contributed by atoms with Gasteiger partial charge in [-0.25, -0.2) is 12.8 Å². The summed E-state index contributed by atoms with van der Waals surface area (Å²) in [7, 11) is -2.96. The second-order valence-electron chi connectivity index (χ2n) is 4.53. The predicted molar refractivity (Wildman–Crippen MR) is 66.4 cm³/mol. The van der Waals surface area contributed by atoms with E-state index >= 15 is 0 Å². The van der Waals surface area contributed by atoms with Crippen molar-refractivity contribution in [1.82, 2.24) is 0 Å². The Morgan fingerprint density at radius 3 is 2.83 bits per heavy atom. The highest BCUT2D eigenvalue weighted by Crippen LogP contribution is 2.22. The maximum atomic E-state index is 12.9. The number of benzene rings is 1. The highest BCUT2D eigenvalue weighted by molar-refractivity contribution is 7.91. The Morgan fingerprint density at radius 1 is 1.44 bits per heavy atom. The first-order valence-corrected chi connectivity index (χ1v) is 7.52. The zero-order valence-electron chi connectivity index (χ0n) is 9.73. The Bertz CT molecular complexity index is 556. The molecule has 1 atom stereocenters. The average Bonchev–Trinajstić information content (AvgIpc) is 2.57. The summed E-state index contributed by atoms with van der Waals surface area (Å²) in [5.74, 6) is -0.586. The number of carbonyl (C=O) groups is 1. The highest BCUT2D eigenvalue weighted by Gasteiger charge is 2.29. The molecule has 18 heavy (non-hydrogen) atoms. The van der Waals surface area contributed by atoms with Crippen molar-refractivity contribution in [2.45, 2.75) is 12.8 Å². The van der Waals surface area contributed by atoms with Crippen molar-refractivity contribution in [3.8, 4) is 0 Å². The quantitative estimate of drug-likeness (QED) is 0.908. The van der Waals surface area contributed by atoms with Gasteiger partial charge < -0.3 is 5.32 Å². The Balaban J connectivity index is 1.90. The number of sulfone groups is 1. The molecule has 6 heteroatoms. The van der Waals surface area contributed by atoms with E-state index in [1.165, 1.54) is 18.2 Å². The summed E-state index contributed by atoms with van der Waals surface area (Å²) in [5.41, 5.74) is 0.390. The Morgan fingerprint density at radius 2 is 2.22 bits per heavy atom. The summed E-state index contributed by atoms with van der Waals surface area (Å²) in [6.45, 7) is 0. The van der Waals surface area contributed by atoms with Gasteiger partial charge in [-0.3, -0.25) is 4.79 Å². The third-order valence-corrected chi connectivity index (χ3v) is 4.75. The molecule has 1 saturated heterocycles. The molecule has 1 aliphatic heterocycles. The number of hydrogen-bond acceptors (Lipinski definition) is 3. The fourth-order valence-corrected chi connectivity index (χ4v) is 3.94. The van der Waals surface area contributed by atoms with Crippen LogP contribution in [0, 0.1) is 11.7 Å². The van der Waals surface area contributed by atoms with Gasteiger partial charge in [0.1, 0.15) is 5.82 Å². The molecule has 1 fully saturated rings. The number of hydrogen-bond donors (Lipinski definition) is 1. The highest BCUT2D eigenvalue weighted by atomic mass is 32.2. The van der Waals surface area contributed by atoms with Crippen molar-refractivity contribution >= 4 is 21.4 Å². The molecule has 1 aliphatic rings. The molecule has 0 aromatic heterocycles. The van der Waals surface area contributed by atoms with Crippen LogP contribution < -0.4 is 5.32 Å². The lowest BCUT2D eigenvalue weighted by atomic mass is 10.1. The number of halogens is 1. The molecule has 1 aromatic carbocycles. The molecule has 0 spiro atoms. The molecule has 1 amide bonds. The van der Waals surface area contributed by atoms with Gasteiger partial charge in [-0.05, 0) is 30.5 Å². The van der Waals surface area contributed by atoms with E-state index in [1.54, 1.807) is 6.07 Å². The fraction of sp³-hybridized carbons (Fsp3) is 0.417. The van der Waals surface area contributed by atoms with Crippen LogP contribution in [0.2, 0.25) is 0 Å². The molecule has 4 nitrogen and oxygen atoms in total. The van der Waals surface area contributed by atoms with E-state index in [9.17, 15) is 17.6 Å². The minimum absolute atomic E-state index is 0.0730. The van der Waals surface area contributed by atoms with Gasteiger partial charge in [-0.15, -0.1) is 0 Å². The normalized spacial score (nSPS) is 21.7. The zero-order chi connectivity index (χ0) is 13.2.